The van der Waals surface area contributed by atoms with E-state index in [0.29, 0.717) is 12.6 Å². The summed E-state index contributed by atoms with van der Waals surface area (Å²) in [6.45, 7) is 8.15. The lowest BCUT2D eigenvalue weighted by molar-refractivity contribution is 0.0418. The topological polar surface area (TPSA) is 26.7 Å². The van der Waals surface area contributed by atoms with Crippen LogP contribution in [0.1, 0.15) is 52.4 Å². The molecule has 0 aliphatic heterocycles. The fraction of sp³-hybridized carbons (Fsp3) is 1.00. The van der Waals surface area contributed by atoms with Gasteiger partial charge in [0, 0.05) is 31.2 Å². The Balaban J connectivity index is 2.64. The normalized spacial score (nSPS) is 21.6. The van der Waals surface area contributed by atoms with E-state index in [2.05, 4.69) is 37.7 Å². The predicted molar refractivity (Wildman–Crippen MR) is 82.5 cm³/mol. The standard InChI is InChI=1S/C16H34N2O/c1-5-18(15(2)12-17(3)4)13-16(14-19)10-8-6-7-9-11-16/h15,19H,5-14H2,1-4H3. The summed E-state index contributed by atoms with van der Waals surface area (Å²) in [5.74, 6) is 0. The minimum absolute atomic E-state index is 0.160. The van der Waals surface area contributed by atoms with Crippen molar-refractivity contribution in [1.82, 2.24) is 9.80 Å². The van der Waals surface area contributed by atoms with Crippen LogP contribution < -0.4 is 0 Å². The molecule has 1 saturated carbocycles. The summed E-state index contributed by atoms with van der Waals surface area (Å²) in [5.41, 5.74) is 0.160. The van der Waals surface area contributed by atoms with E-state index in [0.717, 1.165) is 19.6 Å². The zero-order valence-electron chi connectivity index (χ0n) is 13.5. The molecule has 1 aliphatic carbocycles. The molecule has 0 amide bonds. The summed E-state index contributed by atoms with van der Waals surface area (Å²) in [4.78, 5) is 4.81. The molecule has 114 valence electrons. The molecule has 1 fully saturated rings. The van der Waals surface area contributed by atoms with Crippen LogP contribution in [0.2, 0.25) is 0 Å². The van der Waals surface area contributed by atoms with Crippen LogP contribution in [0.15, 0.2) is 0 Å². The van der Waals surface area contributed by atoms with Gasteiger partial charge in [-0.2, -0.15) is 0 Å². The van der Waals surface area contributed by atoms with Crippen LogP contribution in [0.25, 0.3) is 0 Å². The number of rotatable bonds is 7. The minimum Gasteiger partial charge on any atom is -0.396 e. The molecular weight excluding hydrogens is 236 g/mol. The second-order valence-electron chi connectivity index (χ2n) is 6.75. The van der Waals surface area contributed by atoms with Gasteiger partial charge >= 0.3 is 0 Å². The third-order valence-corrected chi connectivity index (χ3v) is 4.70. The number of nitrogens with zero attached hydrogens (tertiary/aromatic N) is 2. The Morgan fingerprint density at radius 2 is 1.68 bits per heavy atom. The average Bonchev–Trinajstić information content (AvgIpc) is 2.61. The van der Waals surface area contributed by atoms with Crippen molar-refractivity contribution >= 4 is 0 Å². The van der Waals surface area contributed by atoms with Crippen molar-refractivity contribution in [2.24, 2.45) is 5.41 Å². The van der Waals surface area contributed by atoms with Crippen LogP contribution in [0.5, 0.6) is 0 Å². The van der Waals surface area contributed by atoms with Gasteiger partial charge in [0.15, 0.2) is 0 Å². The highest BCUT2D eigenvalue weighted by Gasteiger charge is 2.33. The van der Waals surface area contributed by atoms with Gasteiger partial charge in [-0.1, -0.05) is 32.6 Å². The van der Waals surface area contributed by atoms with Crippen LogP contribution in [-0.4, -0.2) is 61.3 Å². The Morgan fingerprint density at radius 3 is 2.11 bits per heavy atom. The molecule has 0 spiro atoms. The monoisotopic (exact) mass is 270 g/mol. The molecule has 19 heavy (non-hydrogen) atoms. The number of aliphatic hydroxyl groups is 1. The third-order valence-electron chi connectivity index (χ3n) is 4.70. The van der Waals surface area contributed by atoms with Crippen molar-refractivity contribution in [1.29, 1.82) is 0 Å². The summed E-state index contributed by atoms with van der Waals surface area (Å²) in [6.07, 6.45) is 7.69. The molecule has 0 aromatic heterocycles. The molecule has 0 bridgehead atoms. The average molecular weight is 270 g/mol. The van der Waals surface area contributed by atoms with Crippen molar-refractivity contribution in [3.05, 3.63) is 0 Å². The highest BCUT2D eigenvalue weighted by molar-refractivity contribution is 4.86. The predicted octanol–water partition coefficient (Wildman–Crippen LogP) is 2.59. The maximum absolute atomic E-state index is 9.94. The van der Waals surface area contributed by atoms with Crippen LogP contribution >= 0.6 is 0 Å². The van der Waals surface area contributed by atoms with Crippen molar-refractivity contribution in [3.63, 3.8) is 0 Å². The smallest absolute Gasteiger partial charge is 0.0499 e. The van der Waals surface area contributed by atoms with Crippen molar-refractivity contribution in [2.45, 2.75) is 58.4 Å². The van der Waals surface area contributed by atoms with Gasteiger partial charge in [0.2, 0.25) is 0 Å². The molecule has 1 N–H and O–H groups in total. The molecular formula is C16H34N2O. The van der Waals surface area contributed by atoms with Crippen molar-refractivity contribution < 1.29 is 5.11 Å². The zero-order valence-corrected chi connectivity index (χ0v) is 13.5. The molecule has 0 radical (unpaired) electrons. The second kappa shape index (κ2) is 8.23. The molecule has 1 unspecified atom stereocenters. The molecule has 1 atom stereocenters. The summed E-state index contributed by atoms with van der Waals surface area (Å²) in [5, 5.41) is 9.94. The van der Waals surface area contributed by atoms with Gasteiger partial charge in [0.1, 0.15) is 0 Å². The largest absolute Gasteiger partial charge is 0.396 e. The second-order valence-corrected chi connectivity index (χ2v) is 6.75. The summed E-state index contributed by atoms with van der Waals surface area (Å²) in [6, 6.07) is 0.562. The van der Waals surface area contributed by atoms with Gasteiger partial charge in [0.25, 0.3) is 0 Å². The maximum Gasteiger partial charge on any atom is 0.0499 e. The van der Waals surface area contributed by atoms with Crippen LogP contribution in [0, 0.1) is 5.41 Å². The Labute approximate surface area is 120 Å². The van der Waals surface area contributed by atoms with Gasteiger partial charge in [-0.25, -0.2) is 0 Å². The van der Waals surface area contributed by atoms with E-state index in [4.69, 9.17) is 0 Å². The van der Waals surface area contributed by atoms with Crippen LogP contribution in [0.3, 0.4) is 0 Å². The van der Waals surface area contributed by atoms with E-state index in [9.17, 15) is 5.11 Å². The lowest BCUT2D eigenvalue weighted by Gasteiger charge is -2.39. The number of likely N-dealkylation sites (N-methyl/N-ethyl adjacent to an activating group) is 2. The molecule has 0 saturated heterocycles. The van der Waals surface area contributed by atoms with Crippen LogP contribution in [-0.2, 0) is 0 Å². The Hall–Kier alpha value is -0.120. The minimum atomic E-state index is 0.160. The van der Waals surface area contributed by atoms with E-state index in [1.54, 1.807) is 0 Å². The lowest BCUT2D eigenvalue weighted by Crippen LogP contribution is -2.47. The van der Waals surface area contributed by atoms with Gasteiger partial charge < -0.3 is 10.0 Å². The van der Waals surface area contributed by atoms with Crippen molar-refractivity contribution in [2.75, 3.05) is 40.3 Å². The highest BCUT2D eigenvalue weighted by Crippen LogP contribution is 2.35. The first-order valence-electron chi connectivity index (χ1n) is 8.02. The molecule has 0 aromatic carbocycles. The van der Waals surface area contributed by atoms with E-state index >= 15 is 0 Å². The number of hydrogen-bond donors (Lipinski definition) is 1. The van der Waals surface area contributed by atoms with E-state index in [-0.39, 0.29) is 5.41 Å². The first kappa shape index (κ1) is 16.9. The van der Waals surface area contributed by atoms with E-state index < -0.39 is 0 Å². The number of aliphatic hydroxyl groups excluding tert-OH is 1. The molecule has 1 rings (SSSR count). The van der Waals surface area contributed by atoms with Gasteiger partial charge in [0.05, 0.1) is 0 Å². The molecule has 3 nitrogen and oxygen atoms in total. The Bertz CT molecular complexity index is 235. The quantitative estimate of drug-likeness (QED) is 0.720. The Kier molecular flexibility index (Phi) is 7.33. The molecule has 0 heterocycles. The summed E-state index contributed by atoms with van der Waals surface area (Å²) >= 11 is 0. The van der Waals surface area contributed by atoms with Crippen LogP contribution in [0.4, 0.5) is 0 Å². The fourth-order valence-corrected chi connectivity index (χ4v) is 3.50. The summed E-state index contributed by atoms with van der Waals surface area (Å²) in [7, 11) is 4.27. The Morgan fingerprint density at radius 1 is 1.11 bits per heavy atom. The van der Waals surface area contributed by atoms with Crippen molar-refractivity contribution in [3.8, 4) is 0 Å². The molecule has 1 aliphatic rings. The number of hydrogen-bond acceptors (Lipinski definition) is 3. The first-order chi connectivity index (χ1) is 9.03. The zero-order chi connectivity index (χ0) is 14.3. The van der Waals surface area contributed by atoms with Gasteiger partial charge in [-0.3, -0.25) is 4.90 Å². The lowest BCUT2D eigenvalue weighted by atomic mass is 9.80. The fourth-order valence-electron chi connectivity index (χ4n) is 3.50. The maximum atomic E-state index is 9.94. The van der Waals surface area contributed by atoms with E-state index in [1.807, 2.05) is 0 Å². The molecule has 3 heteroatoms. The van der Waals surface area contributed by atoms with Gasteiger partial charge in [-0.15, -0.1) is 0 Å². The first-order valence-corrected chi connectivity index (χ1v) is 8.02. The third kappa shape index (κ3) is 5.41. The van der Waals surface area contributed by atoms with Gasteiger partial charge in [-0.05, 0) is 40.4 Å². The van der Waals surface area contributed by atoms with E-state index in [1.165, 1.54) is 38.5 Å². The SMILES string of the molecule is CCN(CC1(CO)CCCCCC1)C(C)CN(C)C. The summed E-state index contributed by atoms with van der Waals surface area (Å²) < 4.78 is 0. The highest BCUT2D eigenvalue weighted by atomic mass is 16.3. The molecule has 0 aromatic rings.